The number of aromatic nitrogens is 1. The lowest BCUT2D eigenvalue weighted by atomic mass is 10.1. The number of carboxylic acid groups (broad SMARTS) is 1. The van der Waals surface area contributed by atoms with Crippen LogP contribution in [0.4, 0.5) is 16.2 Å². The van der Waals surface area contributed by atoms with E-state index in [1.807, 2.05) is 0 Å². The highest BCUT2D eigenvalue weighted by Gasteiger charge is 2.17. The van der Waals surface area contributed by atoms with E-state index in [1.165, 1.54) is 26.7 Å². The molecule has 31 heavy (non-hydrogen) atoms. The van der Waals surface area contributed by atoms with Crippen LogP contribution >= 0.6 is 0 Å². The largest absolute Gasteiger partial charge is 0.496 e. The van der Waals surface area contributed by atoms with Crippen molar-refractivity contribution in [2.75, 3.05) is 24.8 Å². The molecule has 0 saturated heterocycles. The number of nitrogens with one attached hydrogen (secondary N) is 2. The molecule has 0 aliphatic carbocycles. The zero-order valence-corrected chi connectivity index (χ0v) is 16.8. The summed E-state index contributed by atoms with van der Waals surface area (Å²) in [5.74, 6) is -0.810. The van der Waals surface area contributed by atoms with Crippen molar-refractivity contribution in [1.29, 1.82) is 0 Å². The van der Waals surface area contributed by atoms with Crippen molar-refractivity contribution in [3.63, 3.8) is 0 Å². The molecule has 0 spiro atoms. The standard InChI is InChI=1S/C21H20N4O6/c1-25(21(28)29)11-13-4-3-5-14(8-13)23-19(26)20(27)24-15-6-7-16(17(9-15)30-2)18-10-22-12-31-18/h3-10,12H,11H2,1-2H3,(H,23,26)(H,24,27)(H,28,29). The minimum absolute atomic E-state index is 0.141. The molecule has 0 fully saturated rings. The summed E-state index contributed by atoms with van der Waals surface area (Å²) in [7, 11) is 2.91. The summed E-state index contributed by atoms with van der Waals surface area (Å²) in [4.78, 5) is 40.5. The second-order valence-electron chi connectivity index (χ2n) is 6.53. The second-order valence-corrected chi connectivity index (χ2v) is 6.53. The van der Waals surface area contributed by atoms with E-state index in [1.54, 1.807) is 42.5 Å². The molecule has 160 valence electrons. The van der Waals surface area contributed by atoms with Crippen LogP contribution in [0.3, 0.4) is 0 Å². The lowest BCUT2D eigenvalue weighted by molar-refractivity contribution is -0.132. The fourth-order valence-electron chi connectivity index (χ4n) is 2.79. The average Bonchev–Trinajstić information content (AvgIpc) is 3.28. The van der Waals surface area contributed by atoms with E-state index >= 15 is 0 Å². The summed E-state index contributed by atoms with van der Waals surface area (Å²) in [5.41, 5.74) is 2.04. The van der Waals surface area contributed by atoms with E-state index in [2.05, 4.69) is 15.6 Å². The van der Waals surface area contributed by atoms with Gasteiger partial charge < -0.3 is 29.8 Å². The quantitative estimate of drug-likeness (QED) is 0.518. The van der Waals surface area contributed by atoms with Crippen LogP contribution in [0.5, 0.6) is 5.75 Å². The average molecular weight is 424 g/mol. The number of carbonyl (C=O) groups excluding carboxylic acids is 2. The Hall–Kier alpha value is -4.34. The molecule has 3 amide bonds. The molecule has 0 aliphatic heterocycles. The van der Waals surface area contributed by atoms with Gasteiger partial charge >= 0.3 is 17.9 Å². The Bertz CT molecular complexity index is 1100. The number of methoxy groups -OCH3 is 1. The van der Waals surface area contributed by atoms with E-state index in [9.17, 15) is 14.4 Å². The van der Waals surface area contributed by atoms with Crippen LogP contribution < -0.4 is 15.4 Å². The number of hydrogen-bond donors (Lipinski definition) is 3. The molecule has 0 aliphatic rings. The monoisotopic (exact) mass is 424 g/mol. The van der Waals surface area contributed by atoms with Crippen LogP contribution in [0.1, 0.15) is 5.56 Å². The number of nitrogens with zero attached hydrogens (tertiary/aromatic N) is 2. The predicted molar refractivity (Wildman–Crippen MR) is 112 cm³/mol. The molecule has 1 heterocycles. The fourth-order valence-corrected chi connectivity index (χ4v) is 2.79. The van der Waals surface area contributed by atoms with Crippen LogP contribution in [0.25, 0.3) is 11.3 Å². The van der Waals surface area contributed by atoms with Crippen molar-refractivity contribution in [2.24, 2.45) is 0 Å². The molecule has 1 aromatic heterocycles. The molecule has 0 radical (unpaired) electrons. The summed E-state index contributed by atoms with van der Waals surface area (Å²) >= 11 is 0. The topological polar surface area (TPSA) is 134 Å². The third-order valence-electron chi connectivity index (χ3n) is 4.29. The van der Waals surface area contributed by atoms with E-state index in [4.69, 9.17) is 14.3 Å². The second kappa shape index (κ2) is 9.44. The SMILES string of the molecule is COc1cc(NC(=O)C(=O)Nc2cccc(CN(C)C(=O)O)c2)ccc1-c1cnco1. The van der Waals surface area contributed by atoms with E-state index < -0.39 is 17.9 Å². The maximum atomic E-state index is 12.3. The molecule has 0 bridgehead atoms. The van der Waals surface area contributed by atoms with Crippen molar-refractivity contribution < 1.29 is 28.6 Å². The molecule has 3 N–H and O–H groups in total. The zero-order valence-electron chi connectivity index (χ0n) is 16.8. The third-order valence-corrected chi connectivity index (χ3v) is 4.29. The van der Waals surface area contributed by atoms with Crippen molar-refractivity contribution in [2.45, 2.75) is 6.54 Å². The highest BCUT2D eigenvalue weighted by molar-refractivity contribution is 6.43. The summed E-state index contributed by atoms with van der Waals surface area (Å²) in [6.07, 6.45) is 1.76. The molecule has 3 rings (SSSR count). The number of ether oxygens (including phenoxy) is 1. The first-order valence-corrected chi connectivity index (χ1v) is 9.09. The van der Waals surface area contributed by atoms with Gasteiger partial charge in [0.1, 0.15) is 5.75 Å². The lowest BCUT2D eigenvalue weighted by Gasteiger charge is -2.14. The summed E-state index contributed by atoms with van der Waals surface area (Å²) < 4.78 is 10.6. The molecule has 0 atom stereocenters. The van der Waals surface area contributed by atoms with Gasteiger partial charge in [-0.25, -0.2) is 9.78 Å². The Balaban J connectivity index is 1.66. The van der Waals surface area contributed by atoms with Crippen LogP contribution in [0.2, 0.25) is 0 Å². The van der Waals surface area contributed by atoms with Gasteiger partial charge in [0, 0.05) is 31.0 Å². The maximum Gasteiger partial charge on any atom is 0.407 e. The van der Waals surface area contributed by atoms with Crippen LogP contribution in [0.15, 0.2) is 59.5 Å². The summed E-state index contributed by atoms with van der Waals surface area (Å²) in [5, 5.41) is 14.0. The van der Waals surface area contributed by atoms with Gasteiger partial charge in [-0.3, -0.25) is 9.59 Å². The minimum atomic E-state index is -1.07. The highest BCUT2D eigenvalue weighted by atomic mass is 16.5. The van der Waals surface area contributed by atoms with E-state index in [0.29, 0.717) is 34.0 Å². The summed E-state index contributed by atoms with van der Waals surface area (Å²) in [6, 6.07) is 11.4. The molecule has 10 nitrogen and oxygen atoms in total. The summed E-state index contributed by atoms with van der Waals surface area (Å²) in [6.45, 7) is 0.141. The Labute approximate surface area is 177 Å². The van der Waals surface area contributed by atoms with Gasteiger partial charge in [0.15, 0.2) is 12.2 Å². The molecule has 3 aromatic rings. The Morgan fingerprint density at radius 3 is 2.42 bits per heavy atom. The van der Waals surface area contributed by atoms with Gasteiger partial charge in [0.2, 0.25) is 0 Å². The first kappa shape index (κ1) is 21.4. The molecule has 10 heteroatoms. The third kappa shape index (κ3) is 5.38. The molecular weight excluding hydrogens is 404 g/mol. The molecule has 2 aromatic carbocycles. The van der Waals surface area contributed by atoms with E-state index in [0.717, 1.165) is 4.90 Å². The van der Waals surface area contributed by atoms with Crippen LogP contribution in [-0.2, 0) is 16.1 Å². The van der Waals surface area contributed by atoms with Gasteiger partial charge in [-0.2, -0.15) is 0 Å². The maximum absolute atomic E-state index is 12.3. The lowest BCUT2D eigenvalue weighted by Crippen LogP contribution is -2.29. The van der Waals surface area contributed by atoms with Crippen molar-refractivity contribution in [3.8, 4) is 17.1 Å². The van der Waals surface area contributed by atoms with Crippen molar-refractivity contribution in [3.05, 3.63) is 60.6 Å². The fraction of sp³-hybridized carbons (Fsp3) is 0.143. The smallest absolute Gasteiger partial charge is 0.407 e. The highest BCUT2D eigenvalue weighted by Crippen LogP contribution is 2.32. The number of benzene rings is 2. The van der Waals surface area contributed by atoms with Crippen LogP contribution in [-0.4, -0.2) is 47.1 Å². The first-order valence-electron chi connectivity index (χ1n) is 9.09. The Morgan fingerprint density at radius 1 is 1.10 bits per heavy atom. The van der Waals surface area contributed by atoms with Crippen molar-refractivity contribution >= 4 is 29.3 Å². The number of rotatable bonds is 6. The number of oxazole rings is 1. The number of hydrogen-bond acceptors (Lipinski definition) is 6. The number of carbonyl (C=O) groups is 3. The predicted octanol–water partition coefficient (Wildman–Crippen LogP) is 3.04. The van der Waals surface area contributed by atoms with Gasteiger partial charge in [-0.1, -0.05) is 12.1 Å². The van der Waals surface area contributed by atoms with Crippen molar-refractivity contribution in [1.82, 2.24) is 9.88 Å². The Morgan fingerprint density at radius 2 is 1.81 bits per heavy atom. The van der Waals surface area contributed by atoms with Gasteiger partial charge in [-0.05, 0) is 29.8 Å². The van der Waals surface area contributed by atoms with Gasteiger partial charge in [-0.15, -0.1) is 0 Å². The van der Waals surface area contributed by atoms with Gasteiger partial charge in [0.05, 0.1) is 18.9 Å². The first-order chi connectivity index (χ1) is 14.9. The minimum Gasteiger partial charge on any atom is -0.496 e. The molecule has 0 unspecified atom stereocenters. The number of amides is 3. The normalized spacial score (nSPS) is 10.3. The molecule has 0 saturated carbocycles. The van der Waals surface area contributed by atoms with Gasteiger partial charge in [0.25, 0.3) is 0 Å². The zero-order chi connectivity index (χ0) is 22.4. The molecular formula is C21H20N4O6. The Kier molecular flexibility index (Phi) is 6.51. The van der Waals surface area contributed by atoms with E-state index in [-0.39, 0.29) is 6.54 Å². The van der Waals surface area contributed by atoms with Crippen LogP contribution in [0, 0.1) is 0 Å². The number of anilines is 2.